The molecule has 156 valence electrons. The number of halogens is 1. The molecule has 1 aliphatic heterocycles. The van der Waals surface area contributed by atoms with E-state index in [1.165, 1.54) is 0 Å². The zero-order valence-electron chi connectivity index (χ0n) is 17.2. The Bertz CT molecular complexity index is 628. The van der Waals surface area contributed by atoms with Gasteiger partial charge in [-0.1, -0.05) is 32.4 Å². The van der Waals surface area contributed by atoms with Crippen LogP contribution in [0.4, 0.5) is 0 Å². The van der Waals surface area contributed by atoms with Crippen molar-refractivity contribution in [3.8, 4) is 0 Å². The fourth-order valence-electron chi connectivity index (χ4n) is 3.31. The van der Waals surface area contributed by atoms with Crippen molar-refractivity contribution in [3.05, 3.63) is 34.9 Å². The lowest BCUT2D eigenvalue weighted by molar-refractivity contribution is -0.123. The molecule has 2 rings (SSSR count). The Hall–Kier alpha value is -1.63. The minimum absolute atomic E-state index is 0.00151. The summed E-state index contributed by atoms with van der Waals surface area (Å²) in [5.74, 6) is -0.397. The number of hydrogen-bond acceptors (Lipinski definition) is 4. The van der Waals surface area contributed by atoms with E-state index in [1.807, 2.05) is 13.8 Å². The second kappa shape index (κ2) is 11.4. The van der Waals surface area contributed by atoms with Gasteiger partial charge in [-0.2, -0.15) is 0 Å². The van der Waals surface area contributed by atoms with Crippen LogP contribution in [0.5, 0.6) is 0 Å². The minimum atomic E-state index is -0.559. The van der Waals surface area contributed by atoms with Crippen LogP contribution in [0.25, 0.3) is 0 Å². The number of likely N-dealkylation sites (N-methyl/N-ethyl adjacent to an activating group) is 1. The van der Waals surface area contributed by atoms with Gasteiger partial charge in [-0.05, 0) is 49.7 Å². The maximum Gasteiger partial charge on any atom is 0.251 e. The normalized spacial score (nSPS) is 16.8. The van der Waals surface area contributed by atoms with Gasteiger partial charge in [0.25, 0.3) is 5.91 Å². The summed E-state index contributed by atoms with van der Waals surface area (Å²) in [6.45, 7) is 13.2. The Kier molecular flexibility index (Phi) is 9.22. The molecule has 1 saturated heterocycles. The standard InChI is InChI=1S/C21H33ClN4O2/c1-4-25-12-14-26(15-13-25)11-5-10-23-21(28)19(16(2)3)24-20(27)17-6-8-18(22)9-7-17/h6-9,16,19H,4-5,10-15H2,1-3H3,(H,23,28)(H,24,27). The predicted octanol–water partition coefficient (Wildman–Crippen LogP) is 2.24. The highest BCUT2D eigenvalue weighted by Crippen LogP contribution is 2.11. The molecule has 0 aromatic heterocycles. The largest absolute Gasteiger partial charge is 0.354 e. The molecule has 1 unspecified atom stereocenters. The fourth-order valence-corrected chi connectivity index (χ4v) is 3.44. The van der Waals surface area contributed by atoms with Crippen molar-refractivity contribution in [2.24, 2.45) is 5.92 Å². The molecule has 2 amide bonds. The number of carbonyl (C=O) groups excluding carboxylic acids is 2. The van der Waals surface area contributed by atoms with Crippen molar-refractivity contribution in [2.45, 2.75) is 33.2 Å². The molecule has 1 fully saturated rings. The Labute approximate surface area is 173 Å². The number of benzene rings is 1. The fraction of sp³-hybridized carbons (Fsp3) is 0.619. The number of hydrogen-bond donors (Lipinski definition) is 2. The molecule has 28 heavy (non-hydrogen) atoms. The molecule has 2 N–H and O–H groups in total. The summed E-state index contributed by atoms with van der Waals surface area (Å²) < 4.78 is 0. The van der Waals surface area contributed by atoms with Gasteiger partial charge < -0.3 is 20.4 Å². The van der Waals surface area contributed by atoms with Crippen LogP contribution in [0, 0.1) is 5.92 Å². The van der Waals surface area contributed by atoms with Crippen LogP contribution in [0.1, 0.15) is 37.6 Å². The second-order valence-corrected chi connectivity index (χ2v) is 8.06. The van der Waals surface area contributed by atoms with Crippen molar-refractivity contribution >= 4 is 23.4 Å². The SMILES string of the molecule is CCN1CCN(CCCNC(=O)C(NC(=O)c2ccc(Cl)cc2)C(C)C)CC1. The number of piperazine rings is 1. The van der Waals surface area contributed by atoms with Crippen LogP contribution < -0.4 is 10.6 Å². The Balaban J connectivity index is 1.74. The minimum Gasteiger partial charge on any atom is -0.354 e. The van der Waals surface area contributed by atoms with Crippen molar-refractivity contribution in [3.63, 3.8) is 0 Å². The average Bonchev–Trinajstić information content (AvgIpc) is 2.69. The van der Waals surface area contributed by atoms with E-state index in [-0.39, 0.29) is 17.7 Å². The highest BCUT2D eigenvalue weighted by Gasteiger charge is 2.24. The molecule has 6 nitrogen and oxygen atoms in total. The quantitative estimate of drug-likeness (QED) is 0.615. The lowest BCUT2D eigenvalue weighted by Crippen LogP contribution is -2.50. The van der Waals surface area contributed by atoms with E-state index < -0.39 is 6.04 Å². The van der Waals surface area contributed by atoms with Crippen molar-refractivity contribution in [1.82, 2.24) is 20.4 Å². The van der Waals surface area contributed by atoms with Gasteiger partial charge in [-0.3, -0.25) is 9.59 Å². The summed E-state index contributed by atoms with van der Waals surface area (Å²) in [5.41, 5.74) is 0.495. The van der Waals surface area contributed by atoms with E-state index in [4.69, 9.17) is 11.6 Å². The smallest absolute Gasteiger partial charge is 0.251 e. The zero-order chi connectivity index (χ0) is 20.5. The molecule has 1 atom stereocenters. The molecule has 7 heteroatoms. The van der Waals surface area contributed by atoms with Gasteiger partial charge in [-0.25, -0.2) is 0 Å². The average molecular weight is 409 g/mol. The van der Waals surface area contributed by atoms with Gasteiger partial charge in [0.15, 0.2) is 0 Å². The molecule has 0 saturated carbocycles. The summed E-state index contributed by atoms with van der Waals surface area (Å²) in [6, 6.07) is 6.09. The molecular formula is C21H33ClN4O2. The molecule has 0 radical (unpaired) electrons. The lowest BCUT2D eigenvalue weighted by Gasteiger charge is -2.34. The first-order valence-corrected chi connectivity index (χ1v) is 10.6. The zero-order valence-corrected chi connectivity index (χ0v) is 18.0. The predicted molar refractivity (Wildman–Crippen MR) is 114 cm³/mol. The molecule has 1 heterocycles. The number of amides is 2. The van der Waals surface area contributed by atoms with Gasteiger partial charge in [-0.15, -0.1) is 0 Å². The van der Waals surface area contributed by atoms with Gasteiger partial charge in [0, 0.05) is 43.3 Å². The summed E-state index contributed by atoms with van der Waals surface area (Å²) >= 11 is 5.86. The van der Waals surface area contributed by atoms with E-state index in [1.54, 1.807) is 24.3 Å². The summed E-state index contributed by atoms with van der Waals surface area (Å²) in [6.07, 6.45) is 0.911. The van der Waals surface area contributed by atoms with E-state index >= 15 is 0 Å². The first-order chi connectivity index (χ1) is 13.4. The highest BCUT2D eigenvalue weighted by molar-refractivity contribution is 6.30. The van der Waals surface area contributed by atoms with Gasteiger partial charge in [0.1, 0.15) is 6.04 Å². The number of carbonyl (C=O) groups is 2. The summed E-state index contributed by atoms with van der Waals surface area (Å²) in [5, 5.41) is 6.40. The Morgan fingerprint density at radius 2 is 1.68 bits per heavy atom. The maximum atomic E-state index is 12.6. The molecule has 0 bridgehead atoms. The highest BCUT2D eigenvalue weighted by atomic mass is 35.5. The van der Waals surface area contributed by atoms with Crippen LogP contribution in [0.2, 0.25) is 5.02 Å². The first-order valence-electron chi connectivity index (χ1n) is 10.2. The van der Waals surface area contributed by atoms with Gasteiger partial charge in [0.05, 0.1) is 0 Å². The Morgan fingerprint density at radius 3 is 2.25 bits per heavy atom. The topological polar surface area (TPSA) is 64.7 Å². The Morgan fingerprint density at radius 1 is 1.07 bits per heavy atom. The molecular weight excluding hydrogens is 376 g/mol. The molecule has 0 aliphatic carbocycles. The van der Waals surface area contributed by atoms with Crippen LogP contribution in [-0.4, -0.2) is 73.5 Å². The molecule has 1 aliphatic rings. The number of rotatable bonds is 9. The third kappa shape index (κ3) is 7.08. The maximum absolute atomic E-state index is 12.6. The summed E-state index contributed by atoms with van der Waals surface area (Å²) in [4.78, 5) is 29.9. The van der Waals surface area contributed by atoms with Crippen molar-refractivity contribution < 1.29 is 9.59 Å². The number of nitrogens with one attached hydrogen (secondary N) is 2. The van der Waals surface area contributed by atoms with E-state index in [9.17, 15) is 9.59 Å². The van der Waals surface area contributed by atoms with Crippen molar-refractivity contribution in [2.75, 3.05) is 45.8 Å². The van der Waals surface area contributed by atoms with Gasteiger partial charge >= 0.3 is 0 Å². The third-order valence-electron chi connectivity index (χ3n) is 5.20. The molecule has 1 aromatic carbocycles. The van der Waals surface area contributed by atoms with E-state index in [0.29, 0.717) is 17.1 Å². The monoisotopic (exact) mass is 408 g/mol. The van der Waals surface area contributed by atoms with E-state index in [0.717, 1.165) is 45.7 Å². The summed E-state index contributed by atoms with van der Waals surface area (Å²) in [7, 11) is 0. The van der Waals surface area contributed by atoms with Crippen LogP contribution in [-0.2, 0) is 4.79 Å². The van der Waals surface area contributed by atoms with Crippen molar-refractivity contribution in [1.29, 1.82) is 0 Å². The first kappa shape index (κ1) is 22.7. The van der Waals surface area contributed by atoms with E-state index in [2.05, 4.69) is 27.4 Å². The van der Waals surface area contributed by atoms with Crippen LogP contribution >= 0.6 is 11.6 Å². The molecule has 0 spiro atoms. The van der Waals surface area contributed by atoms with Crippen LogP contribution in [0.15, 0.2) is 24.3 Å². The second-order valence-electron chi connectivity index (χ2n) is 7.62. The lowest BCUT2D eigenvalue weighted by atomic mass is 10.0. The molecule has 1 aromatic rings. The number of nitrogens with zero attached hydrogens (tertiary/aromatic N) is 2. The van der Waals surface area contributed by atoms with Gasteiger partial charge in [0.2, 0.25) is 5.91 Å². The van der Waals surface area contributed by atoms with Crippen LogP contribution in [0.3, 0.4) is 0 Å². The third-order valence-corrected chi connectivity index (χ3v) is 5.46.